The summed E-state index contributed by atoms with van der Waals surface area (Å²) in [6.45, 7) is 3.22. The Labute approximate surface area is 108 Å². The minimum Gasteiger partial charge on any atom is -0.493 e. The van der Waals surface area contributed by atoms with E-state index in [1.165, 1.54) is 0 Å². The molecule has 0 heterocycles. The van der Waals surface area contributed by atoms with Gasteiger partial charge in [-0.25, -0.2) is 0 Å². The Kier molecular flexibility index (Phi) is 6.54. The Hall–Kier alpha value is -1.26. The molecular formula is C14H22O4. The smallest absolute Gasteiger partial charge is 0.160 e. The van der Waals surface area contributed by atoms with E-state index in [2.05, 4.69) is 0 Å². The lowest BCUT2D eigenvalue weighted by atomic mass is 10.1. The summed E-state index contributed by atoms with van der Waals surface area (Å²) in [5.74, 6) is 1.39. The van der Waals surface area contributed by atoms with E-state index < -0.39 is 6.10 Å². The quantitative estimate of drug-likeness (QED) is 0.721. The van der Waals surface area contributed by atoms with Gasteiger partial charge in [0, 0.05) is 13.2 Å². The normalized spacial score (nSPS) is 12.2. The van der Waals surface area contributed by atoms with E-state index in [-0.39, 0.29) is 0 Å². The molecular weight excluding hydrogens is 232 g/mol. The first kappa shape index (κ1) is 14.8. The van der Waals surface area contributed by atoms with Crippen LogP contribution in [0.15, 0.2) is 18.2 Å². The van der Waals surface area contributed by atoms with Crippen molar-refractivity contribution in [3.63, 3.8) is 0 Å². The molecule has 1 aromatic rings. The maximum Gasteiger partial charge on any atom is 0.160 e. The van der Waals surface area contributed by atoms with Gasteiger partial charge in [0.25, 0.3) is 0 Å². The average Bonchev–Trinajstić information content (AvgIpc) is 2.39. The van der Waals surface area contributed by atoms with Crippen LogP contribution in [0.3, 0.4) is 0 Å². The number of aliphatic hydroxyl groups excluding tert-OH is 1. The highest BCUT2D eigenvalue weighted by atomic mass is 16.5. The van der Waals surface area contributed by atoms with E-state index in [9.17, 15) is 5.11 Å². The molecule has 0 spiro atoms. The first-order chi connectivity index (χ1) is 8.71. The number of rotatable bonds is 8. The second kappa shape index (κ2) is 7.95. The minimum absolute atomic E-state index is 0.394. The summed E-state index contributed by atoms with van der Waals surface area (Å²) in [6, 6.07) is 5.68. The highest BCUT2D eigenvalue weighted by Crippen LogP contribution is 2.28. The van der Waals surface area contributed by atoms with Crippen molar-refractivity contribution in [3.8, 4) is 11.5 Å². The van der Waals surface area contributed by atoms with E-state index >= 15 is 0 Å². The van der Waals surface area contributed by atoms with Crippen molar-refractivity contribution >= 4 is 0 Å². The van der Waals surface area contributed by atoms with Crippen LogP contribution in [0.25, 0.3) is 0 Å². The van der Waals surface area contributed by atoms with Crippen LogP contribution in [0.1, 0.15) is 18.9 Å². The molecule has 0 amide bonds. The van der Waals surface area contributed by atoms with E-state index in [1.807, 2.05) is 25.1 Å². The van der Waals surface area contributed by atoms with Gasteiger partial charge in [-0.05, 0) is 37.5 Å². The van der Waals surface area contributed by atoms with Gasteiger partial charge < -0.3 is 19.3 Å². The molecule has 1 N–H and O–H groups in total. The molecule has 102 valence electrons. The second-order valence-corrected chi connectivity index (χ2v) is 4.03. The predicted molar refractivity (Wildman–Crippen MR) is 70.4 cm³/mol. The first-order valence-electron chi connectivity index (χ1n) is 6.18. The molecule has 0 fully saturated rings. The summed E-state index contributed by atoms with van der Waals surface area (Å²) in [4.78, 5) is 0. The van der Waals surface area contributed by atoms with E-state index in [4.69, 9.17) is 14.2 Å². The summed E-state index contributed by atoms with van der Waals surface area (Å²) >= 11 is 0. The van der Waals surface area contributed by atoms with E-state index in [0.29, 0.717) is 37.6 Å². The summed E-state index contributed by atoms with van der Waals surface area (Å²) in [6.07, 6.45) is 0.838. The standard InChI is InChI=1S/C14H22O4/c1-4-18-8-7-12(15)9-11-5-6-13(16-2)14(10-11)17-3/h5-6,10,12,15H,4,7-9H2,1-3H3. The lowest BCUT2D eigenvalue weighted by Gasteiger charge is -2.13. The lowest BCUT2D eigenvalue weighted by molar-refractivity contribution is 0.0887. The van der Waals surface area contributed by atoms with Crippen molar-refractivity contribution in [1.29, 1.82) is 0 Å². The fourth-order valence-corrected chi connectivity index (χ4v) is 1.75. The predicted octanol–water partition coefficient (Wildman–Crippen LogP) is 2.03. The van der Waals surface area contributed by atoms with E-state index in [0.717, 1.165) is 5.56 Å². The van der Waals surface area contributed by atoms with Crippen molar-refractivity contribution in [2.24, 2.45) is 0 Å². The van der Waals surface area contributed by atoms with Crippen LogP contribution < -0.4 is 9.47 Å². The molecule has 18 heavy (non-hydrogen) atoms. The maximum absolute atomic E-state index is 9.87. The zero-order valence-electron chi connectivity index (χ0n) is 11.3. The summed E-state index contributed by atoms with van der Waals surface area (Å²) in [7, 11) is 3.21. The molecule has 0 aliphatic carbocycles. The number of benzene rings is 1. The van der Waals surface area contributed by atoms with Crippen LogP contribution in [0.2, 0.25) is 0 Å². The van der Waals surface area contributed by atoms with Gasteiger partial charge in [0.1, 0.15) is 0 Å². The number of aliphatic hydroxyl groups is 1. The number of hydrogen-bond acceptors (Lipinski definition) is 4. The largest absolute Gasteiger partial charge is 0.493 e. The average molecular weight is 254 g/mol. The molecule has 1 atom stereocenters. The molecule has 0 bridgehead atoms. The fourth-order valence-electron chi connectivity index (χ4n) is 1.75. The molecule has 1 aromatic carbocycles. The number of ether oxygens (including phenoxy) is 3. The Bertz CT molecular complexity index is 352. The Morgan fingerprint density at radius 2 is 1.89 bits per heavy atom. The molecule has 0 radical (unpaired) electrons. The van der Waals surface area contributed by atoms with Gasteiger partial charge in [-0.15, -0.1) is 0 Å². The second-order valence-electron chi connectivity index (χ2n) is 4.03. The zero-order valence-corrected chi connectivity index (χ0v) is 11.3. The van der Waals surface area contributed by atoms with Crippen LogP contribution >= 0.6 is 0 Å². The Balaban J connectivity index is 2.56. The van der Waals surface area contributed by atoms with Gasteiger partial charge in [0.15, 0.2) is 11.5 Å². The number of hydrogen-bond donors (Lipinski definition) is 1. The van der Waals surface area contributed by atoms with Crippen molar-refractivity contribution in [3.05, 3.63) is 23.8 Å². The van der Waals surface area contributed by atoms with Gasteiger partial charge in [-0.1, -0.05) is 6.07 Å². The highest BCUT2D eigenvalue weighted by molar-refractivity contribution is 5.43. The third-order valence-corrected chi connectivity index (χ3v) is 2.72. The van der Waals surface area contributed by atoms with Gasteiger partial charge >= 0.3 is 0 Å². The highest BCUT2D eigenvalue weighted by Gasteiger charge is 2.09. The molecule has 4 nitrogen and oxygen atoms in total. The molecule has 1 unspecified atom stereocenters. The van der Waals surface area contributed by atoms with Gasteiger partial charge in [-0.2, -0.15) is 0 Å². The van der Waals surface area contributed by atoms with Crippen molar-refractivity contribution in [2.45, 2.75) is 25.9 Å². The summed E-state index contributed by atoms with van der Waals surface area (Å²) in [5.41, 5.74) is 1.02. The van der Waals surface area contributed by atoms with E-state index in [1.54, 1.807) is 14.2 Å². The van der Waals surface area contributed by atoms with Crippen molar-refractivity contribution in [2.75, 3.05) is 27.4 Å². The Morgan fingerprint density at radius 3 is 2.50 bits per heavy atom. The third kappa shape index (κ3) is 4.55. The van der Waals surface area contributed by atoms with Crippen LogP contribution in [-0.2, 0) is 11.2 Å². The third-order valence-electron chi connectivity index (χ3n) is 2.72. The Morgan fingerprint density at radius 1 is 1.17 bits per heavy atom. The monoisotopic (exact) mass is 254 g/mol. The van der Waals surface area contributed by atoms with Crippen LogP contribution in [-0.4, -0.2) is 38.6 Å². The minimum atomic E-state index is -0.394. The molecule has 0 aliphatic heterocycles. The molecule has 4 heteroatoms. The van der Waals surface area contributed by atoms with Crippen molar-refractivity contribution in [1.82, 2.24) is 0 Å². The number of methoxy groups -OCH3 is 2. The fraction of sp³-hybridized carbons (Fsp3) is 0.571. The lowest BCUT2D eigenvalue weighted by Crippen LogP contribution is -2.13. The summed E-state index contributed by atoms with van der Waals surface area (Å²) < 4.78 is 15.6. The van der Waals surface area contributed by atoms with Gasteiger partial charge in [-0.3, -0.25) is 0 Å². The molecule has 0 saturated heterocycles. The molecule has 0 aromatic heterocycles. The summed E-state index contributed by atoms with van der Waals surface area (Å²) in [5, 5.41) is 9.87. The van der Waals surface area contributed by atoms with Gasteiger partial charge in [0.2, 0.25) is 0 Å². The van der Waals surface area contributed by atoms with Crippen LogP contribution in [0.5, 0.6) is 11.5 Å². The molecule has 1 rings (SSSR count). The maximum atomic E-state index is 9.87. The van der Waals surface area contributed by atoms with Crippen LogP contribution in [0, 0.1) is 0 Å². The molecule has 0 aliphatic rings. The van der Waals surface area contributed by atoms with Crippen molar-refractivity contribution < 1.29 is 19.3 Å². The molecule has 0 saturated carbocycles. The zero-order chi connectivity index (χ0) is 13.4. The topological polar surface area (TPSA) is 47.9 Å². The SMILES string of the molecule is CCOCCC(O)Cc1ccc(OC)c(OC)c1. The first-order valence-corrected chi connectivity index (χ1v) is 6.18. The van der Waals surface area contributed by atoms with Crippen LogP contribution in [0.4, 0.5) is 0 Å². The van der Waals surface area contributed by atoms with Gasteiger partial charge in [0.05, 0.1) is 20.3 Å².